The number of ether oxygens (including phenoxy) is 34. The molecule has 0 aromatic rings. The van der Waals surface area contributed by atoms with Gasteiger partial charge in [-0.25, -0.2) is 0 Å². The second-order valence-electron chi connectivity index (χ2n) is 24.3. The van der Waals surface area contributed by atoms with Gasteiger partial charge in [-0.3, -0.25) is 0 Å². The molecule has 568 valence electrons. The van der Waals surface area contributed by atoms with Crippen LogP contribution in [0.2, 0.25) is 0 Å². The van der Waals surface area contributed by atoms with Crippen LogP contribution >= 0.6 is 0 Å². The van der Waals surface area contributed by atoms with E-state index in [-0.39, 0.29) is 46.2 Å². The summed E-state index contributed by atoms with van der Waals surface area (Å²) in [4.78, 5) is 0. The van der Waals surface area contributed by atoms with Crippen LogP contribution in [0.3, 0.4) is 0 Å². The Labute approximate surface area is 568 Å². The first-order chi connectivity index (χ1) is 47.1. The second kappa shape index (κ2) is 39.6. The van der Waals surface area contributed by atoms with E-state index in [9.17, 15) is 5.11 Å². The molecule has 14 bridgehead atoms. The Morgan fingerprint density at radius 3 is 0.454 bits per heavy atom. The first kappa shape index (κ1) is 81.3. The maximum atomic E-state index is 12.5. The molecule has 0 unspecified atom stereocenters. The molecule has 35 heteroatoms. The van der Waals surface area contributed by atoms with Crippen molar-refractivity contribution in [3.05, 3.63) is 0 Å². The first-order valence-corrected chi connectivity index (χ1v) is 32.3. The van der Waals surface area contributed by atoms with Gasteiger partial charge in [-0.05, 0) is 0 Å². The van der Waals surface area contributed by atoms with Gasteiger partial charge in [0.1, 0.15) is 171 Å². The van der Waals surface area contributed by atoms with Crippen LogP contribution < -0.4 is 0 Å². The summed E-state index contributed by atoms with van der Waals surface area (Å²) in [5.41, 5.74) is 0. The predicted octanol–water partition coefficient (Wildman–Crippen LogP) is -2.15. The summed E-state index contributed by atoms with van der Waals surface area (Å²) in [7, 11) is 29.8. The van der Waals surface area contributed by atoms with Crippen molar-refractivity contribution >= 4 is 0 Å². The highest BCUT2D eigenvalue weighted by Gasteiger charge is 2.62. The molecular weight excluding hydrogens is 1300 g/mol. The smallest absolute Gasteiger partial charge is 0.187 e. The fraction of sp³-hybridized carbons (Fsp3) is 1.00. The van der Waals surface area contributed by atoms with Crippen LogP contribution in [0.25, 0.3) is 0 Å². The lowest BCUT2D eigenvalue weighted by Gasteiger charge is -2.52. The van der Waals surface area contributed by atoms with Gasteiger partial charge in [0.25, 0.3) is 0 Å². The van der Waals surface area contributed by atoms with Gasteiger partial charge in [-0.1, -0.05) is 0 Å². The summed E-state index contributed by atoms with van der Waals surface area (Å²) in [6.07, 6.45) is -37.8. The fourth-order valence-electron chi connectivity index (χ4n) is 14.6. The highest BCUT2D eigenvalue weighted by molar-refractivity contribution is 5.04. The van der Waals surface area contributed by atoms with E-state index in [1.54, 1.807) is 0 Å². The number of hydrogen-bond donors (Lipinski definition) is 1. The standard InChI is InChI=1S/C62H110O35/c1-64-21-28-36-43(71-8)35(63)56(84-28)91-37-29(22-65-2)85-58(50(78-15)44(37)72-9)93-39-31(24-67-4)87-60(52(80-17)46(39)74-11)95-41-33(26-69-6)89-62(54(82-19)48(41)76-13)97-42-34(27-70-7)90-61(55(83-20)49(42)77-14)96-40-32(25-68-5)88-59(53(81-18)47(40)75-12)94-38-30(23-66-3)86-57(92-36)51(79-16)45(38)73-10/h28-63H,21-27H2,1-20H3/t28-,29-,30-,31-,32-,33-,34-,35-,36-,37-,38-,39-,40-,41-,42-,43-,44+,45+,46+,47+,48+,49+,50-,51-,52-,53-,54-,55-,56-,57-,58-,59-,60-,61-,62-/m1/s1. The molecule has 0 radical (unpaired) electrons. The van der Waals surface area contributed by atoms with Crippen molar-refractivity contribution in [1.82, 2.24) is 0 Å². The Morgan fingerprint density at radius 2 is 0.309 bits per heavy atom. The van der Waals surface area contributed by atoms with E-state index in [1.807, 2.05) is 0 Å². The molecular formula is C62H110O35. The van der Waals surface area contributed by atoms with E-state index in [2.05, 4.69) is 0 Å². The number of aliphatic hydroxyl groups is 1. The predicted molar refractivity (Wildman–Crippen MR) is 324 cm³/mol. The van der Waals surface area contributed by atoms with Crippen LogP contribution in [0.5, 0.6) is 0 Å². The highest BCUT2D eigenvalue weighted by atomic mass is 16.8. The maximum Gasteiger partial charge on any atom is 0.187 e. The monoisotopic (exact) mass is 1410 g/mol. The molecule has 0 saturated carbocycles. The minimum atomic E-state index is -1.57. The van der Waals surface area contributed by atoms with Crippen molar-refractivity contribution in [3.8, 4) is 0 Å². The van der Waals surface area contributed by atoms with Gasteiger partial charge >= 0.3 is 0 Å². The minimum absolute atomic E-state index is 0.0438. The van der Waals surface area contributed by atoms with Crippen molar-refractivity contribution in [2.24, 2.45) is 0 Å². The summed E-state index contributed by atoms with van der Waals surface area (Å²) >= 11 is 0. The van der Waals surface area contributed by atoms with Gasteiger partial charge in [0.2, 0.25) is 0 Å². The molecule has 21 saturated heterocycles. The quantitative estimate of drug-likeness (QED) is 0.0916. The number of aliphatic hydroxyl groups excluding tert-OH is 1. The fourth-order valence-corrected chi connectivity index (χ4v) is 14.6. The molecule has 35 atom stereocenters. The molecule has 21 fully saturated rings. The summed E-state index contributed by atoms with van der Waals surface area (Å²) in [5.74, 6) is 0. The largest absolute Gasteiger partial charge is 0.385 e. The molecule has 0 aliphatic carbocycles. The van der Waals surface area contributed by atoms with E-state index in [4.69, 9.17) is 161 Å². The molecule has 21 heterocycles. The van der Waals surface area contributed by atoms with Crippen LogP contribution in [0.1, 0.15) is 0 Å². The first-order valence-electron chi connectivity index (χ1n) is 32.3. The van der Waals surface area contributed by atoms with E-state index in [0.717, 1.165) is 0 Å². The number of methoxy groups -OCH3 is 20. The molecule has 0 aromatic heterocycles. The average molecular weight is 1420 g/mol. The summed E-state index contributed by atoms with van der Waals surface area (Å²) in [5, 5.41) is 12.5. The third-order valence-corrected chi connectivity index (χ3v) is 19.1. The Kier molecular flexibility index (Phi) is 33.2. The van der Waals surface area contributed by atoms with E-state index in [0.29, 0.717) is 0 Å². The van der Waals surface area contributed by atoms with Crippen molar-refractivity contribution < 1.29 is 166 Å². The molecule has 1 N–H and O–H groups in total. The van der Waals surface area contributed by atoms with E-state index in [1.165, 1.54) is 142 Å². The molecule has 0 aromatic carbocycles. The van der Waals surface area contributed by atoms with Crippen LogP contribution in [-0.4, -0.2) is 408 Å². The highest BCUT2D eigenvalue weighted by Crippen LogP contribution is 2.43. The summed E-state index contributed by atoms with van der Waals surface area (Å²) in [6, 6.07) is 0. The Bertz CT molecular complexity index is 2180. The van der Waals surface area contributed by atoms with Gasteiger partial charge < -0.3 is 166 Å². The zero-order valence-electron chi connectivity index (χ0n) is 59.5. The SMILES string of the molecule is COC[C@H]1O[C@@H]2O[C@H]3[C@H](OC)[C@@H](OC)[C@@H](O[C@H]4[C@H](OC)[C@@H](OC)[C@@H](O[C@H]5[C@H](OC)[C@@H](OC)[C@@H](O[C@H]6[C@H](OC)[C@@H](OC)[C@@H](O[C@H]7[C@H](OC)[C@@H](OC)[C@@H](O[C@H]8[C@H](OC)[C@@H](O)[C@@H](O[C@H]1[C@H](OC)[C@H]2OC)O[C@@H]8COC)O[C@@H]7COC)O[C@@H]6COC)O[C@@H]5COC)O[C@@H]4COC)O[C@@H]3COC. The molecule has 21 aliphatic rings. The molecule has 0 spiro atoms. The molecule has 97 heavy (non-hydrogen) atoms. The van der Waals surface area contributed by atoms with E-state index < -0.39 is 215 Å². The maximum absolute atomic E-state index is 12.5. The van der Waals surface area contributed by atoms with Gasteiger partial charge in [0, 0.05) is 142 Å². The molecule has 35 nitrogen and oxygen atoms in total. The van der Waals surface area contributed by atoms with Crippen LogP contribution in [0, 0.1) is 0 Å². The normalized spacial score (nSPS) is 46.4. The average Bonchev–Trinajstić information content (AvgIpc) is 0.776. The van der Waals surface area contributed by atoms with Crippen LogP contribution in [0.15, 0.2) is 0 Å². The molecule has 21 rings (SSSR count). The van der Waals surface area contributed by atoms with Crippen LogP contribution in [-0.2, 0) is 161 Å². The zero-order valence-corrected chi connectivity index (χ0v) is 59.5. The third kappa shape index (κ3) is 17.8. The van der Waals surface area contributed by atoms with Gasteiger partial charge in [0.05, 0.1) is 46.2 Å². The van der Waals surface area contributed by atoms with Crippen LogP contribution in [0.4, 0.5) is 0 Å². The summed E-state index contributed by atoms with van der Waals surface area (Å²) in [6.45, 7) is -0.433. The van der Waals surface area contributed by atoms with Crippen molar-refractivity contribution in [1.29, 1.82) is 0 Å². The lowest BCUT2D eigenvalue weighted by atomic mass is 9.94. The zero-order chi connectivity index (χ0) is 70.2. The summed E-state index contributed by atoms with van der Waals surface area (Å²) < 4.78 is 218. The third-order valence-electron chi connectivity index (χ3n) is 19.1. The molecule has 0 amide bonds. The Hall–Kier alpha value is -1.40. The number of rotatable bonds is 27. The van der Waals surface area contributed by atoms with Crippen molar-refractivity contribution in [3.63, 3.8) is 0 Å². The van der Waals surface area contributed by atoms with Gasteiger partial charge in [0.15, 0.2) is 44.0 Å². The Balaban J connectivity index is 1.23. The van der Waals surface area contributed by atoms with E-state index >= 15 is 0 Å². The molecule has 21 aliphatic heterocycles. The van der Waals surface area contributed by atoms with Crippen molar-refractivity contribution in [2.45, 2.75) is 215 Å². The van der Waals surface area contributed by atoms with Gasteiger partial charge in [-0.15, -0.1) is 0 Å². The minimum Gasteiger partial charge on any atom is -0.385 e. The number of hydrogen-bond acceptors (Lipinski definition) is 35. The van der Waals surface area contributed by atoms with Crippen molar-refractivity contribution in [2.75, 3.05) is 188 Å². The second-order valence-corrected chi connectivity index (χ2v) is 24.3. The Morgan fingerprint density at radius 1 is 0.175 bits per heavy atom. The lowest BCUT2D eigenvalue weighted by molar-refractivity contribution is -0.402. The topological polar surface area (TPSA) is 334 Å². The van der Waals surface area contributed by atoms with Gasteiger partial charge in [-0.2, -0.15) is 0 Å². The lowest BCUT2D eigenvalue weighted by Crippen LogP contribution is -2.69.